The van der Waals surface area contributed by atoms with Crippen molar-refractivity contribution in [1.29, 1.82) is 0 Å². The monoisotopic (exact) mass is 264 g/mol. The van der Waals surface area contributed by atoms with Crippen molar-refractivity contribution in [2.75, 3.05) is 11.9 Å². The summed E-state index contributed by atoms with van der Waals surface area (Å²) in [6.45, 7) is 0.153. The van der Waals surface area contributed by atoms with Crippen LogP contribution in [0.2, 0.25) is 0 Å². The highest BCUT2D eigenvalue weighted by atomic mass is 32.2. The summed E-state index contributed by atoms with van der Waals surface area (Å²) in [5, 5.41) is 2.39. The third-order valence-electron chi connectivity index (χ3n) is 1.76. The van der Waals surface area contributed by atoms with E-state index in [1.165, 1.54) is 18.2 Å². The van der Waals surface area contributed by atoms with Crippen LogP contribution in [0.15, 0.2) is 29.2 Å². The van der Waals surface area contributed by atoms with Crippen molar-refractivity contribution in [2.45, 2.75) is 16.8 Å². The first-order chi connectivity index (χ1) is 7.92. The lowest BCUT2D eigenvalue weighted by Crippen LogP contribution is -2.16. The Balaban J connectivity index is 2.81. The fourth-order valence-corrected chi connectivity index (χ4v) is 1.75. The maximum Gasteiger partial charge on any atom is 0.446 e. The molecule has 0 heterocycles. The van der Waals surface area contributed by atoms with Crippen molar-refractivity contribution < 1.29 is 18.0 Å². The summed E-state index contributed by atoms with van der Waals surface area (Å²) in [7, 11) is 0. The molecule has 0 aliphatic heterocycles. The first-order valence-electron chi connectivity index (χ1n) is 4.77. The molecule has 0 radical (unpaired) electrons. The number of halogens is 3. The van der Waals surface area contributed by atoms with E-state index in [9.17, 15) is 18.0 Å². The molecule has 0 aliphatic rings. The Morgan fingerprint density at radius 3 is 2.59 bits per heavy atom. The van der Waals surface area contributed by atoms with Gasteiger partial charge in [-0.15, -0.1) is 0 Å². The minimum atomic E-state index is -4.38. The van der Waals surface area contributed by atoms with Crippen LogP contribution >= 0.6 is 11.8 Å². The highest BCUT2D eigenvalue weighted by Crippen LogP contribution is 2.40. The van der Waals surface area contributed by atoms with Gasteiger partial charge in [0, 0.05) is 17.9 Å². The SMILES string of the molecule is NCCC(=O)Nc1ccccc1SC(F)(F)F. The number of rotatable bonds is 4. The minimum Gasteiger partial charge on any atom is -0.330 e. The van der Waals surface area contributed by atoms with Gasteiger partial charge in [-0.2, -0.15) is 13.2 Å². The Kier molecular flexibility index (Phi) is 4.83. The number of anilines is 1. The lowest BCUT2D eigenvalue weighted by atomic mass is 10.3. The van der Waals surface area contributed by atoms with Gasteiger partial charge in [-0.3, -0.25) is 4.79 Å². The number of nitrogens with two attached hydrogens (primary N) is 1. The molecule has 94 valence electrons. The lowest BCUT2D eigenvalue weighted by Gasteiger charge is -2.11. The zero-order chi connectivity index (χ0) is 12.9. The van der Waals surface area contributed by atoms with E-state index in [1.54, 1.807) is 6.07 Å². The quantitative estimate of drug-likeness (QED) is 0.822. The van der Waals surface area contributed by atoms with Crippen LogP contribution in [0.3, 0.4) is 0 Å². The number of carbonyl (C=O) groups excluding carboxylic acids is 1. The van der Waals surface area contributed by atoms with Crippen molar-refractivity contribution in [1.82, 2.24) is 0 Å². The molecule has 0 fully saturated rings. The van der Waals surface area contributed by atoms with E-state index in [2.05, 4.69) is 5.32 Å². The molecule has 0 spiro atoms. The minimum absolute atomic E-state index is 0.0367. The van der Waals surface area contributed by atoms with Crippen LogP contribution in [0.4, 0.5) is 18.9 Å². The number of nitrogens with one attached hydrogen (secondary N) is 1. The average molecular weight is 264 g/mol. The zero-order valence-corrected chi connectivity index (χ0v) is 9.57. The molecule has 1 rings (SSSR count). The molecule has 0 saturated carbocycles. The Morgan fingerprint density at radius 2 is 2.00 bits per heavy atom. The van der Waals surface area contributed by atoms with E-state index in [0.29, 0.717) is 0 Å². The van der Waals surface area contributed by atoms with E-state index >= 15 is 0 Å². The first kappa shape index (κ1) is 13.9. The predicted molar refractivity (Wildman–Crippen MR) is 60.7 cm³/mol. The molecule has 0 aliphatic carbocycles. The third kappa shape index (κ3) is 5.10. The van der Waals surface area contributed by atoms with Crippen LogP contribution in [-0.2, 0) is 4.79 Å². The lowest BCUT2D eigenvalue weighted by molar-refractivity contribution is -0.116. The molecule has 3 nitrogen and oxygen atoms in total. The second kappa shape index (κ2) is 5.92. The Morgan fingerprint density at radius 1 is 1.35 bits per heavy atom. The number of benzene rings is 1. The van der Waals surface area contributed by atoms with E-state index in [1.807, 2.05) is 0 Å². The fraction of sp³-hybridized carbons (Fsp3) is 0.300. The summed E-state index contributed by atoms with van der Waals surface area (Å²) in [5.41, 5.74) is 0.943. The number of carbonyl (C=O) groups is 1. The second-order valence-electron chi connectivity index (χ2n) is 3.13. The predicted octanol–water partition coefficient (Wildman–Crippen LogP) is 2.59. The first-order valence-corrected chi connectivity index (χ1v) is 5.58. The average Bonchev–Trinajstić information content (AvgIpc) is 2.19. The molecule has 1 aromatic carbocycles. The Labute approximate surface area is 101 Å². The maximum atomic E-state index is 12.2. The van der Waals surface area contributed by atoms with Crippen LogP contribution in [0.5, 0.6) is 0 Å². The van der Waals surface area contributed by atoms with E-state index < -0.39 is 11.4 Å². The van der Waals surface area contributed by atoms with Gasteiger partial charge in [-0.1, -0.05) is 12.1 Å². The molecular formula is C10H11F3N2OS. The smallest absolute Gasteiger partial charge is 0.330 e. The molecule has 7 heteroatoms. The van der Waals surface area contributed by atoms with Crippen molar-refractivity contribution in [3.8, 4) is 0 Å². The Bertz CT molecular complexity index is 395. The molecule has 0 atom stereocenters. The molecule has 0 aromatic heterocycles. The largest absolute Gasteiger partial charge is 0.446 e. The fourth-order valence-electron chi connectivity index (χ4n) is 1.13. The van der Waals surface area contributed by atoms with Gasteiger partial charge in [0.05, 0.1) is 5.69 Å². The molecule has 0 bridgehead atoms. The van der Waals surface area contributed by atoms with Gasteiger partial charge in [-0.05, 0) is 23.9 Å². The molecule has 3 N–H and O–H groups in total. The van der Waals surface area contributed by atoms with Crippen LogP contribution in [-0.4, -0.2) is 18.0 Å². The standard InChI is InChI=1S/C10H11F3N2OS/c11-10(12,13)17-8-4-2-1-3-7(8)15-9(16)5-6-14/h1-4H,5-6,14H2,(H,15,16). The van der Waals surface area contributed by atoms with Crippen LogP contribution in [0.1, 0.15) is 6.42 Å². The van der Waals surface area contributed by atoms with Crippen LogP contribution in [0.25, 0.3) is 0 Å². The molecule has 0 unspecified atom stereocenters. The van der Waals surface area contributed by atoms with Crippen LogP contribution in [0, 0.1) is 0 Å². The summed E-state index contributed by atoms with van der Waals surface area (Å²) in [6, 6.07) is 5.75. The summed E-state index contributed by atoms with van der Waals surface area (Å²) in [4.78, 5) is 11.2. The van der Waals surface area contributed by atoms with Crippen molar-refractivity contribution in [3.63, 3.8) is 0 Å². The van der Waals surface area contributed by atoms with Gasteiger partial charge in [-0.25, -0.2) is 0 Å². The topological polar surface area (TPSA) is 55.1 Å². The summed E-state index contributed by atoms with van der Waals surface area (Å²) in [5.74, 6) is -0.400. The summed E-state index contributed by atoms with van der Waals surface area (Å²) >= 11 is -0.259. The van der Waals surface area contributed by atoms with Crippen molar-refractivity contribution >= 4 is 23.4 Å². The normalized spacial score (nSPS) is 11.3. The molecule has 0 saturated heterocycles. The number of amides is 1. The molecular weight excluding hydrogens is 253 g/mol. The van der Waals surface area contributed by atoms with Gasteiger partial charge in [0.1, 0.15) is 0 Å². The van der Waals surface area contributed by atoms with Crippen LogP contribution < -0.4 is 11.1 Å². The second-order valence-corrected chi connectivity index (χ2v) is 4.24. The van der Waals surface area contributed by atoms with E-state index in [4.69, 9.17) is 5.73 Å². The van der Waals surface area contributed by atoms with E-state index in [0.717, 1.165) is 0 Å². The van der Waals surface area contributed by atoms with Gasteiger partial charge in [0.25, 0.3) is 0 Å². The highest BCUT2D eigenvalue weighted by molar-refractivity contribution is 8.00. The summed E-state index contributed by atoms with van der Waals surface area (Å²) < 4.78 is 36.7. The third-order valence-corrected chi connectivity index (χ3v) is 2.57. The Hall–Kier alpha value is -1.21. The highest BCUT2D eigenvalue weighted by Gasteiger charge is 2.30. The van der Waals surface area contributed by atoms with Crippen molar-refractivity contribution in [2.24, 2.45) is 5.73 Å². The number of hydrogen-bond donors (Lipinski definition) is 2. The number of para-hydroxylation sites is 1. The maximum absolute atomic E-state index is 12.2. The molecule has 1 amide bonds. The number of hydrogen-bond acceptors (Lipinski definition) is 3. The van der Waals surface area contributed by atoms with Gasteiger partial charge in [0.15, 0.2) is 0 Å². The molecule has 17 heavy (non-hydrogen) atoms. The summed E-state index contributed by atoms with van der Waals surface area (Å²) in [6.07, 6.45) is 0.0744. The number of alkyl halides is 3. The van der Waals surface area contributed by atoms with E-state index in [-0.39, 0.29) is 35.3 Å². The van der Waals surface area contributed by atoms with Gasteiger partial charge >= 0.3 is 5.51 Å². The van der Waals surface area contributed by atoms with Gasteiger partial charge < -0.3 is 11.1 Å². The van der Waals surface area contributed by atoms with Gasteiger partial charge in [0.2, 0.25) is 5.91 Å². The zero-order valence-electron chi connectivity index (χ0n) is 8.75. The number of thioether (sulfide) groups is 1. The molecule has 1 aromatic rings. The van der Waals surface area contributed by atoms with Crippen molar-refractivity contribution in [3.05, 3.63) is 24.3 Å².